The second-order valence-corrected chi connectivity index (χ2v) is 6.86. The maximum atomic E-state index is 12.6. The number of hydrogen-bond donors (Lipinski definition) is 7. The summed E-state index contributed by atoms with van der Waals surface area (Å²) in [5.74, 6) is -1.22. The Balaban J connectivity index is 2.40. The monoisotopic (exact) mass is 462 g/mol. The molecule has 0 fully saturated rings. The van der Waals surface area contributed by atoms with Crippen molar-refractivity contribution in [2.45, 2.75) is 6.92 Å². The molecule has 0 aliphatic heterocycles. The number of nitro benzene ring substituents is 1. The average molecular weight is 463 g/mol. The number of rotatable bonds is 5. The molecule has 12 nitrogen and oxygen atoms in total. The molecule has 1 heterocycles. The van der Waals surface area contributed by atoms with E-state index in [9.17, 15) is 19.7 Å². The van der Waals surface area contributed by atoms with Crippen molar-refractivity contribution in [1.82, 2.24) is 26.7 Å². The highest BCUT2D eigenvalue weighted by Gasteiger charge is 2.23. The minimum Gasteiger partial charge on any atom is -0.375 e. The SMILES string of the molecule is Cc1c(C(=O)NNC(N)=S)[nH]c(/C=C/c2ccc([N+](=O)[O-])cc2)c1C(=O)NNC(N)=S. The first-order valence-electron chi connectivity index (χ1n) is 8.46. The molecule has 9 N–H and O–H groups in total. The number of aromatic amines is 1. The highest BCUT2D eigenvalue weighted by molar-refractivity contribution is 7.80. The summed E-state index contributed by atoms with van der Waals surface area (Å²) >= 11 is 9.31. The molecule has 0 spiro atoms. The Hall–Kier alpha value is -4.04. The predicted octanol–water partition coefficient (Wildman–Crippen LogP) is 0.358. The van der Waals surface area contributed by atoms with Crippen molar-refractivity contribution >= 4 is 64.3 Å². The number of nitrogens with one attached hydrogen (secondary N) is 5. The van der Waals surface area contributed by atoms with Crippen LogP contribution in [0.5, 0.6) is 0 Å². The number of carbonyl (C=O) groups excluding carboxylic acids is 2. The molecule has 1 aromatic carbocycles. The van der Waals surface area contributed by atoms with Crippen LogP contribution in [0.25, 0.3) is 12.2 Å². The Bertz CT molecular complexity index is 1080. The summed E-state index contributed by atoms with van der Waals surface area (Å²) < 4.78 is 0. The summed E-state index contributed by atoms with van der Waals surface area (Å²) in [6.45, 7) is 1.56. The molecule has 2 amide bonds. The Morgan fingerprint density at radius 3 is 2.06 bits per heavy atom. The van der Waals surface area contributed by atoms with Crippen LogP contribution in [0.4, 0.5) is 5.69 Å². The fourth-order valence-corrected chi connectivity index (χ4v) is 2.61. The van der Waals surface area contributed by atoms with Gasteiger partial charge in [0.05, 0.1) is 16.2 Å². The molecule has 14 heteroatoms. The van der Waals surface area contributed by atoms with Crippen molar-refractivity contribution in [2.75, 3.05) is 0 Å². The van der Waals surface area contributed by atoms with Crippen LogP contribution in [0.3, 0.4) is 0 Å². The molecule has 0 bridgehead atoms. The molecular weight excluding hydrogens is 444 g/mol. The molecule has 0 saturated carbocycles. The van der Waals surface area contributed by atoms with Crippen molar-refractivity contribution in [3.05, 3.63) is 62.5 Å². The molecular formula is C17H18N8O4S2. The molecule has 0 unspecified atom stereocenters. The normalized spacial score (nSPS) is 10.4. The molecule has 2 aromatic rings. The largest absolute Gasteiger partial charge is 0.375 e. The Morgan fingerprint density at radius 1 is 1.00 bits per heavy atom. The molecule has 0 aliphatic carbocycles. The van der Waals surface area contributed by atoms with Crippen LogP contribution in [-0.2, 0) is 0 Å². The Morgan fingerprint density at radius 2 is 1.55 bits per heavy atom. The second kappa shape index (κ2) is 10.1. The number of amides is 2. The fourth-order valence-electron chi connectivity index (χ4n) is 2.51. The van der Waals surface area contributed by atoms with Crippen molar-refractivity contribution in [3.63, 3.8) is 0 Å². The van der Waals surface area contributed by atoms with Gasteiger partial charge in [0.25, 0.3) is 17.5 Å². The van der Waals surface area contributed by atoms with E-state index in [-0.39, 0.29) is 27.2 Å². The first-order chi connectivity index (χ1) is 14.6. The van der Waals surface area contributed by atoms with Gasteiger partial charge in [-0.25, -0.2) is 0 Å². The lowest BCUT2D eigenvalue weighted by atomic mass is 10.1. The number of nitro groups is 1. The highest BCUT2D eigenvalue weighted by Crippen LogP contribution is 2.21. The van der Waals surface area contributed by atoms with E-state index in [1.165, 1.54) is 12.1 Å². The first kappa shape index (κ1) is 23.2. The molecule has 162 valence electrons. The van der Waals surface area contributed by atoms with Crippen LogP contribution < -0.4 is 33.2 Å². The Labute approximate surface area is 186 Å². The zero-order valence-corrected chi connectivity index (χ0v) is 17.6. The zero-order valence-electron chi connectivity index (χ0n) is 16.0. The van der Waals surface area contributed by atoms with Gasteiger partial charge in [-0.05, 0) is 60.7 Å². The topological polar surface area (TPSA) is 193 Å². The van der Waals surface area contributed by atoms with E-state index >= 15 is 0 Å². The average Bonchev–Trinajstić information content (AvgIpc) is 3.05. The third kappa shape index (κ3) is 6.22. The lowest BCUT2D eigenvalue weighted by molar-refractivity contribution is -0.384. The number of H-pyrrole nitrogens is 1. The molecule has 0 atom stereocenters. The van der Waals surface area contributed by atoms with E-state index in [2.05, 4.69) is 51.1 Å². The number of carbonyl (C=O) groups is 2. The number of nitrogens with two attached hydrogens (primary N) is 2. The van der Waals surface area contributed by atoms with Gasteiger partial charge in [0.15, 0.2) is 10.2 Å². The smallest absolute Gasteiger partial charge is 0.286 e. The minimum absolute atomic E-state index is 0.0546. The fraction of sp³-hybridized carbons (Fsp3) is 0.0588. The molecule has 0 aliphatic rings. The van der Waals surface area contributed by atoms with Crippen LogP contribution in [0.15, 0.2) is 24.3 Å². The van der Waals surface area contributed by atoms with Crippen LogP contribution in [0, 0.1) is 17.0 Å². The predicted molar refractivity (Wildman–Crippen MR) is 122 cm³/mol. The number of non-ortho nitro benzene ring substituents is 1. The zero-order chi connectivity index (χ0) is 23.1. The summed E-state index contributed by atoms with van der Waals surface area (Å²) in [4.78, 5) is 38.1. The van der Waals surface area contributed by atoms with Crippen LogP contribution in [0.1, 0.15) is 37.7 Å². The summed E-state index contributed by atoms with van der Waals surface area (Å²) in [5, 5.41) is 10.5. The lowest BCUT2D eigenvalue weighted by Crippen LogP contribution is -2.45. The molecule has 1 aromatic heterocycles. The maximum absolute atomic E-state index is 12.6. The Kier molecular flexibility index (Phi) is 7.59. The van der Waals surface area contributed by atoms with Gasteiger partial charge < -0.3 is 16.5 Å². The van der Waals surface area contributed by atoms with Gasteiger partial charge in [-0.2, -0.15) is 0 Å². The van der Waals surface area contributed by atoms with Gasteiger partial charge in [-0.15, -0.1) is 0 Å². The third-order valence-electron chi connectivity index (χ3n) is 3.88. The van der Waals surface area contributed by atoms with Gasteiger partial charge in [-0.3, -0.25) is 41.4 Å². The quantitative estimate of drug-likeness (QED) is 0.185. The highest BCUT2D eigenvalue weighted by atomic mass is 32.1. The number of thiocarbonyl (C=S) groups is 2. The van der Waals surface area contributed by atoms with E-state index in [1.807, 2.05) is 0 Å². The second-order valence-electron chi connectivity index (χ2n) is 5.98. The number of hydrazine groups is 2. The van der Waals surface area contributed by atoms with Crippen LogP contribution in [-0.4, -0.2) is 31.9 Å². The van der Waals surface area contributed by atoms with Crippen molar-refractivity contribution < 1.29 is 14.5 Å². The van der Waals surface area contributed by atoms with Crippen molar-refractivity contribution in [2.24, 2.45) is 11.5 Å². The van der Waals surface area contributed by atoms with Gasteiger partial charge in [0, 0.05) is 12.1 Å². The van der Waals surface area contributed by atoms with Gasteiger partial charge in [-0.1, -0.05) is 6.08 Å². The van der Waals surface area contributed by atoms with Crippen LogP contribution >= 0.6 is 24.4 Å². The van der Waals surface area contributed by atoms with E-state index < -0.39 is 16.7 Å². The van der Waals surface area contributed by atoms with Gasteiger partial charge in [0.1, 0.15) is 5.69 Å². The molecule has 2 rings (SSSR count). The number of benzene rings is 1. The minimum atomic E-state index is -0.614. The van der Waals surface area contributed by atoms with Gasteiger partial charge in [0.2, 0.25) is 0 Å². The van der Waals surface area contributed by atoms with E-state index in [1.54, 1.807) is 31.2 Å². The standard InChI is InChI=1S/C17H18N8O4S2/c1-8-12(14(26)21-23-16(18)30)11(20-13(8)15(27)22-24-17(19)31)7-4-9-2-5-10(6-3-9)25(28)29/h2-7,20H,1H3,(H,21,26)(H,22,27)(H3,18,23,30)(H3,19,24,31)/b7-4+. The van der Waals surface area contributed by atoms with Gasteiger partial charge >= 0.3 is 0 Å². The van der Waals surface area contributed by atoms with E-state index in [0.717, 1.165) is 0 Å². The summed E-state index contributed by atoms with van der Waals surface area (Å²) in [5.41, 5.74) is 21.3. The molecule has 31 heavy (non-hydrogen) atoms. The first-order valence-corrected chi connectivity index (χ1v) is 9.28. The van der Waals surface area contributed by atoms with E-state index in [4.69, 9.17) is 11.5 Å². The number of nitrogens with zero attached hydrogens (tertiary/aromatic N) is 1. The van der Waals surface area contributed by atoms with Crippen LogP contribution in [0.2, 0.25) is 0 Å². The third-order valence-corrected chi connectivity index (χ3v) is 4.08. The molecule has 0 radical (unpaired) electrons. The van der Waals surface area contributed by atoms with Crippen molar-refractivity contribution in [3.8, 4) is 0 Å². The number of hydrogen-bond acceptors (Lipinski definition) is 6. The van der Waals surface area contributed by atoms with Crippen molar-refractivity contribution in [1.29, 1.82) is 0 Å². The summed E-state index contributed by atoms with van der Waals surface area (Å²) in [6.07, 6.45) is 3.16. The lowest BCUT2D eigenvalue weighted by Gasteiger charge is -2.07. The summed E-state index contributed by atoms with van der Waals surface area (Å²) in [7, 11) is 0. The number of aromatic nitrogens is 1. The maximum Gasteiger partial charge on any atom is 0.286 e. The van der Waals surface area contributed by atoms with E-state index in [0.29, 0.717) is 16.8 Å². The molecule has 0 saturated heterocycles. The summed E-state index contributed by atoms with van der Waals surface area (Å²) in [6, 6.07) is 5.77.